The number of carbonyl (C=O) groups is 1. The van der Waals surface area contributed by atoms with Gasteiger partial charge in [-0.2, -0.15) is 0 Å². The minimum Gasteiger partial charge on any atom is -0.281 e. The van der Waals surface area contributed by atoms with Gasteiger partial charge >= 0.3 is 0 Å². The molecule has 0 radical (unpaired) electrons. The van der Waals surface area contributed by atoms with Gasteiger partial charge in [0.1, 0.15) is 0 Å². The third-order valence-corrected chi connectivity index (χ3v) is 5.81. The van der Waals surface area contributed by atoms with Crippen LogP contribution in [-0.4, -0.2) is 21.4 Å². The number of benzene rings is 3. The van der Waals surface area contributed by atoms with E-state index in [-0.39, 0.29) is 10.8 Å². The molecule has 0 aromatic heterocycles. The zero-order chi connectivity index (χ0) is 21.4. The second-order valence-electron chi connectivity index (χ2n) is 6.49. The van der Waals surface area contributed by atoms with Gasteiger partial charge in [-0.3, -0.25) is 15.2 Å². The number of nitrogens with zero attached hydrogens (tertiary/aromatic N) is 1. The van der Waals surface area contributed by atoms with Crippen LogP contribution in [0.5, 0.6) is 0 Å². The Morgan fingerprint density at radius 1 is 0.900 bits per heavy atom. The maximum absolute atomic E-state index is 12.5. The van der Waals surface area contributed by atoms with Crippen LogP contribution in [0.15, 0.2) is 95.9 Å². The molecule has 30 heavy (non-hydrogen) atoms. The van der Waals surface area contributed by atoms with Gasteiger partial charge < -0.3 is 0 Å². The van der Waals surface area contributed by atoms with Gasteiger partial charge in [-0.15, -0.1) is 0 Å². The Balaban J connectivity index is 1.71. The maximum Gasteiger partial charge on any atom is 0.262 e. The van der Waals surface area contributed by atoms with Gasteiger partial charge in [0, 0.05) is 6.08 Å². The summed E-state index contributed by atoms with van der Waals surface area (Å²) < 4.78 is 25.8. The van der Waals surface area contributed by atoms with Crippen molar-refractivity contribution in [2.45, 2.75) is 11.4 Å². The lowest BCUT2D eigenvalue weighted by Gasteiger charge is -2.25. The van der Waals surface area contributed by atoms with Gasteiger partial charge in [-0.05, 0) is 48.5 Å². The SMILES string of the molecule is CNS(=O)(=O)c1ccc(/C=C/C(=O)NN(Cc2ccccc2)c2ccccc2)cc1. The van der Waals surface area contributed by atoms with Crippen molar-refractivity contribution < 1.29 is 13.2 Å². The Morgan fingerprint density at radius 2 is 1.50 bits per heavy atom. The van der Waals surface area contributed by atoms with E-state index in [4.69, 9.17) is 0 Å². The molecule has 154 valence electrons. The number of sulfonamides is 1. The van der Waals surface area contributed by atoms with Gasteiger partial charge in [0.05, 0.1) is 17.1 Å². The van der Waals surface area contributed by atoms with Crippen LogP contribution in [-0.2, 0) is 21.4 Å². The minimum absolute atomic E-state index is 0.171. The summed E-state index contributed by atoms with van der Waals surface area (Å²) in [5.41, 5.74) is 5.54. The molecule has 7 heteroatoms. The van der Waals surface area contributed by atoms with E-state index < -0.39 is 10.0 Å². The minimum atomic E-state index is -3.48. The van der Waals surface area contributed by atoms with Crippen molar-refractivity contribution in [1.82, 2.24) is 10.1 Å². The second kappa shape index (κ2) is 9.87. The fourth-order valence-corrected chi connectivity index (χ4v) is 3.52. The first-order valence-corrected chi connectivity index (χ1v) is 10.8. The van der Waals surface area contributed by atoms with Crippen LogP contribution in [0.4, 0.5) is 5.69 Å². The average Bonchev–Trinajstić information content (AvgIpc) is 2.79. The van der Waals surface area contributed by atoms with Crippen LogP contribution >= 0.6 is 0 Å². The fraction of sp³-hybridized carbons (Fsp3) is 0.0870. The number of hydrogen-bond acceptors (Lipinski definition) is 4. The quantitative estimate of drug-likeness (QED) is 0.432. The molecular weight excluding hydrogens is 398 g/mol. The van der Waals surface area contributed by atoms with E-state index in [1.54, 1.807) is 23.2 Å². The number of nitrogens with one attached hydrogen (secondary N) is 2. The Bertz CT molecular complexity index is 1100. The predicted molar refractivity (Wildman–Crippen MR) is 119 cm³/mol. The monoisotopic (exact) mass is 421 g/mol. The molecule has 0 saturated heterocycles. The lowest BCUT2D eigenvalue weighted by Crippen LogP contribution is -2.41. The van der Waals surface area contributed by atoms with Crippen molar-refractivity contribution in [3.05, 3.63) is 102 Å². The number of amides is 1. The van der Waals surface area contributed by atoms with Gasteiger partial charge in [-0.1, -0.05) is 60.7 Å². The average molecular weight is 422 g/mol. The topological polar surface area (TPSA) is 78.5 Å². The third-order valence-electron chi connectivity index (χ3n) is 4.38. The van der Waals surface area contributed by atoms with Gasteiger partial charge in [-0.25, -0.2) is 13.1 Å². The van der Waals surface area contributed by atoms with E-state index in [1.807, 2.05) is 60.7 Å². The van der Waals surface area contributed by atoms with Crippen LogP contribution in [0.2, 0.25) is 0 Å². The highest BCUT2D eigenvalue weighted by Gasteiger charge is 2.11. The van der Waals surface area contributed by atoms with Gasteiger partial charge in [0.25, 0.3) is 5.91 Å². The maximum atomic E-state index is 12.5. The number of carbonyl (C=O) groups excluding carboxylic acids is 1. The summed E-state index contributed by atoms with van der Waals surface area (Å²) in [5.74, 6) is -0.290. The molecule has 0 bridgehead atoms. The highest BCUT2D eigenvalue weighted by atomic mass is 32.2. The first-order valence-electron chi connectivity index (χ1n) is 9.37. The predicted octanol–water partition coefficient (Wildman–Crippen LogP) is 3.35. The highest BCUT2D eigenvalue weighted by molar-refractivity contribution is 7.89. The zero-order valence-corrected chi connectivity index (χ0v) is 17.3. The first-order chi connectivity index (χ1) is 14.5. The van der Waals surface area contributed by atoms with E-state index in [2.05, 4.69) is 10.1 Å². The van der Waals surface area contributed by atoms with Crippen LogP contribution in [0.1, 0.15) is 11.1 Å². The second-order valence-corrected chi connectivity index (χ2v) is 8.38. The molecule has 2 N–H and O–H groups in total. The van der Waals surface area contributed by atoms with E-state index in [0.29, 0.717) is 6.54 Å². The summed E-state index contributed by atoms with van der Waals surface area (Å²) in [6.45, 7) is 0.515. The summed E-state index contributed by atoms with van der Waals surface area (Å²) in [6, 6.07) is 25.7. The molecule has 0 atom stereocenters. The number of para-hydroxylation sites is 1. The smallest absolute Gasteiger partial charge is 0.262 e. The summed E-state index contributed by atoms with van der Waals surface area (Å²) >= 11 is 0. The first kappa shape index (κ1) is 21.3. The van der Waals surface area contributed by atoms with E-state index in [9.17, 15) is 13.2 Å². The lowest BCUT2D eigenvalue weighted by molar-refractivity contribution is -0.116. The van der Waals surface area contributed by atoms with E-state index in [1.165, 1.54) is 25.3 Å². The molecule has 3 aromatic rings. The van der Waals surface area contributed by atoms with Crippen molar-refractivity contribution in [2.24, 2.45) is 0 Å². The Labute approximate surface area is 176 Å². The fourth-order valence-electron chi connectivity index (χ4n) is 2.79. The molecule has 0 fully saturated rings. The zero-order valence-electron chi connectivity index (χ0n) is 16.5. The molecule has 0 heterocycles. The Hall–Kier alpha value is -3.42. The van der Waals surface area contributed by atoms with Crippen LogP contribution < -0.4 is 15.2 Å². The molecule has 3 rings (SSSR count). The van der Waals surface area contributed by atoms with Gasteiger partial charge in [0.15, 0.2) is 0 Å². The molecule has 0 aliphatic rings. The van der Waals surface area contributed by atoms with E-state index >= 15 is 0 Å². The molecular formula is C23H23N3O3S. The standard InChI is InChI=1S/C23H23N3O3S/c1-24-30(28,29)22-15-12-19(13-16-22)14-17-23(27)25-26(21-10-6-3-7-11-21)18-20-8-4-2-5-9-20/h2-17,24H,18H2,1H3,(H,25,27)/b17-14+. The molecule has 6 nitrogen and oxygen atoms in total. The van der Waals surface area contributed by atoms with Crippen LogP contribution in [0, 0.1) is 0 Å². The number of hydrogen-bond donors (Lipinski definition) is 2. The van der Waals surface area contributed by atoms with Gasteiger partial charge in [0.2, 0.25) is 10.0 Å². The van der Waals surface area contributed by atoms with E-state index in [0.717, 1.165) is 16.8 Å². The molecule has 0 aliphatic heterocycles. The molecule has 1 amide bonds. The van der Waals surface area contributed by atoms with Crippen molar-refractivity contribution in [1.29, 1.82) is 0 Å². The third kappa shape index (κ3) is 5.79. The summed E-state index contributed by atoms with van der Waals surface area (Å²) in [4.78, 5) is 12.7. The number of rotatable bonds is 8. The van der Waals surface area contributed by atoms with Crippen molar-refractivity contribution in [3.8, 4) is 0 Å². The molecule has 0 unspecified atom stereocenters. The normalized spacial score (nSPS) is 11.4. The van der Waals surface area contributed by atoms with Crippen molar-refractivity contribution in [2.75, 3.05) is 12.1 Å². The molecule has 0 aliphatic carbocycles. The van der Waals surface area contributed by atoms with Crippen molar-refractivity contribution in [3.63, 3.8) is 0 Å². The van der Waals surface area contributed by atoms with Crippen LogP contribution in [0.25, 0.3) is 6.08 Å². The highest BCUT2D eigenvalue weighted by Crippen LogP contribution is 2.15. The Kier molecular flexibility index (Phi) is 7.00. The summed E-state index contributed by atoms with van der Waals surface area (Å²) in [7, 11) is -2.12. The number of anilines is 1. The molecule has 0 saturated carbocycles. The summed E-state index contributed by atoms with van der Waals surface area (Å²) in [5, 5.41) is 1.78. The number of hydrazine groups is 1. The summed E-state index contributed by atoms with van der Waals surface area (Å²) in [6.07, 6.45) is 3.05. The van der Waals surface area contributed by atoms with Crippen molar-refractivity contribution >= 4 is 27.7 Å². The molecule has 0 spiro atoms. The Morgan fingerprint density at radius 3 is 2.10 bits per heavy atom. The largest absolute Gasteiger partial charge is 0.281 e. The van der Waals surface area contributed by atoms with Crippen LogP contribution in [0.3, 0.4) is 0 Å². The molecule has 3 aromatic carbocycles. The lowest BCUT2D eigenvalue weighted by atomic mass is 10.2.